The number of halogens is 3. The molecule has 0 saturated carbocycles. The molecular formula is C29H27F3N6OS. The molecule has 1 aromatic heterocycles. The second-order valence-electron chi connectivity index (χ2n) is 9.09. The van der Waals surface area contributed by atoms with E-state index < -0.39 is 6.36 Å². The molecule has 0 bridgehead atoms. The first-order valence-corrected chi connectivity index (χ1v) is 13.8. The maximum absolute atomic E-state index is 12.4. The number of rotatable bonds is 7. The predicted molar refractivity (Wildman–Crippen MR) is 153 cm³/mol. The van der Waals surface area contributed by atoms with Crippen LogP contribution >= 0.6 is 11.8 Å². The first-order valence-electron chi connectivity index (χ1n) is 12.8. The van der Waals surface area contributed by atoms with Gasteiger partial charge in [-0.15, -0.1) is 23.4 Å². The molecule has 3 aromatic carbocycles. The standard InChI is InChI=1S/C29H27F3N6OS/c1-3-22-7-4-6-20(2)26(22)37-16-5-17-40-28(37)35-34-18-21-8-10-23(11-9-21)27-33-19-38(36-27)24-12-14-25(15-13-24)39-29(30,31)32/h4,6-15,18-19H,3,5,16-17H2,1-2H3. The van der Waals surface area contributed by atoms with E-state index in [-0.39, 0.29) is 5.75 Å². The number of aryl methyl sites for hydroxylation is 2. The zero-order valence-corrected chi connectivity index (χ0v) is 22.8. The number of para-hydroxylation sites is 1. The molecule has 0 aliphatic carbocycles. The van der Waals surface area contributed by atoms with E-state index in [4.69, 9.17) is 0 Å². The lowest BCUT2D eigenvalue weighted by atomic mass is 10.0. The molecule has 1 fully saturated rings. The van der Waals surface area contributed by atoms with Gasteiger partial charge in [0, 0.05) is 23.5 Å². The zero-order valence-electron chi connectivity index (χ0n) is 22.0. The van der Waals surface area contributed by atoms with Crippen LogP contribution in [0.1, 0.15) is 30.0 Å². The molecule has 0 amide bonds. The number of aromatic nitrogens is 3. The van der Waals surface area contributed by atoms with E-state index in [0.29, 0.717) is 11.5 Å². The fraction of sp³-hybridized carbons (Fsp3) is 0.241. The number of amidine groups is 1. The average Bonchev–Trinajstić information content (AvgIpc) is 3.44. The molecule has 0 unspecified atom stereocenters. The van der Waals surface area contributed by atoms with Gasteiger partial charge in [-0.1, -0.05) is 61.2 Å². The third kappa shape index (κ3) is 6.53. The second-order valence-corrected chi connectivity index (χ2v) is 10.2. The van der Waals surface area contributed by atoms with Crippen molar-refractivity contribution >= 4 is 28.8 Å². The highest BCUT2D eigenvalue weighted by molar-refractivity contribution is 8.14. The second kappa shape index (κ2) is 12.0. The number of nitrogens with zero attached hydrogens (tertiary/aromatic N) is 6. The minimum absolute atomic E-state index is 0.297. The highest BCUT2D eigenvalue weighted by atomic mass is 32.2. The zero-order chi connectivity index (χ0) is 28.1. The first-order chi connectivity index (χ1) is 19.3. The van der Waals surface area contributed by atoms with Gasteiger partial charge < -0.3 is 9.64 Å². The first kappa shape index (κ1) is 27.4. The molecule has 1 aliphatic heterocycles. The van der Waals surface area contributed by atoms with Gasteiger partial charge in [0.1, 0.15) is 12.1 Å². The molecule has 1 aliphatic rings. The summed E-state index contributed by atoms with van der Waals surface area (Å²) in [5, 5.41) is 14.3. The minimum atomic E-state index is -4.74. The number of anilines is 1. The molecule has 0 N–H and O–H groups in total. The van der Waals surface area contributed by atoms with Crippen LogP contribution in [0.25, 0.3) is 17.1 Å². The summed E-state index contributed by atoms with van der Waals surface area (Å²) in [6.07, 6.45) is 0.540. The Balaban J connectivity index is 1.27. The van der Waals surface area contributed by atoms with Crippen molar-refractivity contribution in [3.8, 4) is 22.8 Å². The summed E-state index contributed by atoms with van der Waals surface area (Å²) in [7, 11) is 0. The van der Waals surface area contributed by atoms with Gasteiger partial charge in [0.2, 0.25) is 0 Å². The lowest BCUT2D eigenvalue weighted by molar-refractivity contribution is -0.274. The third-order valence-corrected chi connectivity index (χ3v) is 7.36. The molecule has 0 atom stereocenters. The number of thioether (sulfide) groups is 1. The van der Waals surface area contributed by atoms with Crippen molar-refractivity contribution in [1.82, 2.24) is 14.8 Å². The Kier molecular flexibility index (Phi) is 8.20. The van der Waals surface area contributed by atoms with Crippen LogP contribution in [0.3, 0.4) is 0 Å². The fourth-order valence-electron chi connectivity index (χ4n) is 4.42. The Bertz CT molecular complexity index is 1510. The van der Waals surface area contributed by atoms with Gasteiger partial charge >= 0.3 is 6.36 Å². The van der Waals surface area contributed by atoms with Gasteiger partial charge in [0.15, 0.2) is 11.0 Å². The summed E-state index contributed by atoms with van der Waals surface area (Å²) in [5.74, 6) is 1.20. The van der Waals surface area contributed by atoms with Crippen molar-refractivity contribution < 1.29 is 17.9 Å². The average molecular weight is 565 g/mol. The van der Waals surface area contributed by atoms with Crippen LogP contribution < -0.4 is 9.64 Å². The smallest absolute Gasteiger partial charge is 0.406 e. The van der Waals surface area contributed by atoms with Crippen molar-refractivity contribution in [2.75, 3.05) is 17.2 Å². The van der Waals surface area contributed by atoms with E-state index in [2.05, 4.69) is 62.0 Å². The van der Waals surface area contributed by atoms with E-state index in [1.807, 2.05) is 24.3 Å². The Labute approximate surface area is 234 Å². The highest BCUT2D eigenvalue weighted by Gasteiger charge is 2.31. The Morgan fingerprint density at radius 1 is 1.05 bits per heavy atom. The van der Waals surface area contributed by atoms with Crippen molar-refractivity contribution in [3.05, 3.63) is 89.7 Å². The maximum Gasteiger partial charge on any atom is 0.573 e. The number of hydrogen-bond acceptors (Lipinski definition) is 6. The molecule has 40 heavy (non-hydrogen) atoms. The van der Waals surface area contributed by atoms with Crippen molar-refractivity contribution in [2.24, 2.45) is 10.2 Å². The molecule has 4 aromatic rings. The van der Waals surface area contributed by atoms with Crippen LogP contribution in [0, 0.1) is 6.92 Å². The summed E-state index contributed by atoms with van der Waals surface area (Å²) in [6, 6.07) is 19.4. The van der Waals surface area contributed by atoms with Gasteiger partial charge in [-0.25, -0.2) is 9.67 Å². The van der Waals surface area contributed by atoms with Crippen LogP contribution in [0.15, 0.2) is 83.3 Å². The summed E-state index contributed by atoms with van der Waals surface area (Å²) in [6.45, 7) is 5.22. The molecule has 1 saturated heterocycles. The van der Waals surface area contributed by atoms with E-state index in [0.717, 1.165) is 41.4 Å². The van der Waals surface area contributed by atoms with E-state index in [1.54, 1.807) is 18.0 Å². The minimum Gasteiger partial charge on any atom is -0.406 e. The third-order valence-electron chi connectivity index (χ3n) is 6.31. The molecule has 206 valence electrons. The quantitative estimate of drug-likeness (QED) is 0.178. The van der Waals surface area contributed by atoms with Crippen molar-refractivity contribution in [3.63, 3.8) is 0 Å². The Morgan fingerprint density at radius 2 is 1.82 bits per heavy atom. The van der Waals surface area contributed by atoms with Crippen LogP contribution in [0.4, 0.5) is 18.9 Å². The molecule has 7 nitrogen and oxygen atoms in total. The fourth-order valence-corrected chi connectivity index (χ4v) is 5.32. The number of benzene rings is 3. The number of alkyl halides is 3. The lowest BCUT2D eigenvalue weighted by Crippen LogP contribution is -2.35. The number of hydrogen-bond donors (Lipinski definition) is 0. The van der Waals surface area contributed by atoms with Crippen LogP contribution in [-0.2, 0) is 6.42 Å². The summed E-state index contributed by atoms with van der Waals surface area (Å²) in [4.78, 5) is 6.61. The summed E-state index contributed by atoms with van der Waals surface area (Å²) in [5.41, 5.74) is 6.00. The van der Waals surface area contributed by atoms with E-state index in [1.165, 1.54) is 52.1 Å². The largest absolute Gasteiger partial charge is 0.573 e. The van der Waals surface area contributed by atoms with Gasteiger partial charge in [-0.3, -0.25) is 0 Å². The summed E-state index contributed by atoms with van der Waals surface area (Å²) >= 11 is 1.72. The van der Waals surface area contributed by atoms with Gasteiger partial charge in [0.25, 0.3) is 0 Å². The molecule has 11 heteroatoms. The van der Waals surface area contributed by atoms with Gasteiger partial charge in [0.05, 0.1) is 11.9 Å². The topological polar surface area (TPSA) is 67.9 Å². The molecule has 5 rings (SSSR count). The highest BCUT2D eigenvalue weighted by Crippen LogP contribution is 2.31. The normalized spacial score (nSPS) is 15.2. The van der Waals surface area contributed by atoms with Gasteiger partial charge in [-0.05, 0) is 60.7 Å². The summed E-state index contributed by atoms with van der Waals surface area (Å²) < 4.78 is 42.6. The van der Waals surface area contributed by atoms with Crippen LogP contribution in [0.2, 0.25) is 0 Å². The predicted octanol–water partition coefficient (Wildman–Crippen LogP) is 7.04. The Hall–Kier alpha value is -4.12. The van der Waals surface area contributed by atoms with Crippen LogP contribution in [0.5, 0.6) is 5.75 Å². The van der Waals surface area contributed by atoms with Crippen LogP contribution in [-0.4, -0.2) is 44.8 Å². The molecular weight excluding hydrogens is 537 g/mol. The molecule has 0 radical (unpaired) electrons. The van der Waals surface area contributed by atoms with Crippen molar-refractivity contribution in [2.45, 2.75) is 33.1 Å². The SMILES string of the molecule is CCc1cccc(C)c1N1CCCSC1=NN=Cc1ccc(-c2ncn(-c3ccc(OC(F)(F)F)cc3)n2)cc1. The molecule has 2 heterocycles. The van der Waals surface area contributed by atoms with E-state index >= 15 is 0 Å². The Morgan fingerprint density at radius 3 is 2.55 bits per heavy atom. The molecule has 0 spiro atoms. The lowest BCUT2D eigenvalue weighted by Gasteiger charge is -2.31. The number of ether oxygens (including phenoxy) is 1. The van der Waals surface area contributed by atoms with E-state index in [9.17, 15) is 13.2 Å². The maximum atomic E-state index is 12.4. The monoisotopic (exact) mass is 564 g/mol. The van der Waals surface area contributed by atoms with Gasteiger partial charge in [-0.2, -0.15) is 5.10 Å². The van der Waals surface area contributed by atoms with Crippen molar-refractivity contribution in [1.29, 1.82) is 0 Å².